The van der Waals surface area contributed by atoms with Gasteiger partial charge in [-0.3, -0.25) is 14.5 Å². The first-order valence-electron chi connectivity index (χ1n) is 7.11. The number of nitriles is 1. The van der Waals surface area contributed by atoms with E-state index in [4.69, 9.17) is 11.6 Å². The Morgan fingerprint density at radius 2 is 1.86 bits per heavy atom. The number of fused-ring (bicyclic) bond motifs is 1. The molecule has 1 aromatic carbocycles. The number of aryl methyl sites for hydroxylation is 1. The molecule has 1 fully saturated rings. The maximum atomic E-state index is 12.7. The average molecular weight is 303 g/mol. The predicted molar refractivity (Wildman–Crippen MR) is 78.1 cm³/mol. The van der Waals surface area contributed by atoms with Crippen molar-refractivity contribution in [2.24, 2.45) is 0 Å². The fourth-order valence-electron chi connectivity index (χ4n) is 3.30. The van der Waals surface area contributed by atoms with E-state index >= 15 is 0 Å². The Bertz CT molecular complexity index is 684. The number of imide groups is 1. The molecule has 2 aliphatic rings. The van der Waals surface area contributed by atoms with Gasteiger partial charge in [-0.2, -0.15) is 5.26 Å². The summed E-state index contributed by atoms with van der Waals surface area (Å²) in [6.07, 6.45) is 3.84. The molecular formula is C16H15ClN2O2. The van der Waals surface area contributed by atoms with Gasteiger partial charge in [0.1, 0.15) is 5.54 Å². The smallest absolute Gasteiger partial charge is 0.264 e. The number of hydrogen-bond donors (Lipinski definition) is 0. The van der Waals surface area contributed by atoms with Crippen LogP contribution in [0, 0.1) is 18.3 Å². The summed E-state index contributed by atoms with van der Waals surface area (Å²) in [6, 6.07) is 5.59. The maximum Gasteiger partial charge on any atom is 0.264 e. The zero-order chi connectivity index (χ0) is 15.2. The predicted octanol–water partition coefficient (Wildman–Crippen LogP) is 3.47. The van der Waals surface area contributed by atoms with Crippen LogP contribution in [0.15, 0.2) is 12.1 Å². The lowest BCUT2D eigenvalue weighted by Crippen LogP contribution is -2.52. The van der Waals surface area contributed by atoms with E-state index in [9.17, 15) is 14.9 Å². The van der Waals surface area contributed by atoms with Gasteiger partial charge in [-0.05, 0) is 31.4 Å². The van der Waals surface area contributed by atoms with Crippen molar-refractivity contribution in [3.63, 3.8) is 0 Å². The molecule has 0 atom stereocenters. The number of nitrogens with zero attached hydrogens (tertiary/aromatic N) is 2. The van der Waals surface area contributed by atoms with Crippen molar-refractivity contribution in [3.8, 4) is 6.07 Å². The van der Waals surface area contributed by atoms with Crippen LogP contribution in [-0.2, 0) is 0 Å². The van der Waals surface area contributed by atoms with Crippen LogP contribution in [0.3, 0.4) is 0 Å². The first kappa shape index (κ1) is 14.1. The molecule has 0 unspecified atom stereocenters. The van der Waals surface area contributed by atoms with Crippen molar-refractivity contribution in [2.75, 3.05) is 0 Å². The first-order valence-corrected chi connectivity index (χ1v) is 7.49. The SMILES string of the molecule is Cc1ccc2c(c1Cl)C(=O)N(C1(C#N)CCCCC1)C2=O. The van der Waals surface area contributed by atoms with Crippen LogP contribution in [0.4, 0.5) is 0 Å². The third-order valence-corrected chi connectivity index (χ3v) is 4.99. The number of halogens is 1. The van der Waals surface area contributed by atoms with E-state index in [2.05, 4.69) is 6.07 Å². The third kappa shape index (κ3) is 1.88. The van der Waals surface area contributed by atoms with E-state index in [-0.39, 0.29) is 11.5 Å². The normalized spacial score (nSPS) is 20.3. The molecule has 3 rings (SSSR count). The summed E-state index contributed by atoms with van der Waals surface area (Å²) in [7, 11) is 0. The van der Waals surface area contributed by atoms with Gasteiger partial charge in [-0.1, -0.05) is 36.9 Å². The summed E-state index contributed by atoms with van der Waals surface area (Å²) in [5.41, 5.74) is 0.314. The van der Waals surface area contributed by atoms with Crippen molar-refractivity contribution in [1.29, 1.82) is 5.26 Å². The van der Waals surface area contributed by atoms with E-state index in [1.165, 1.54) is 0 Å². The minimum atomic E-state index is -1.01. The second-order valence-electron chi connectivity index (χ2n) is 5.77. The fourth-order valence-corrected chi connectivity index (χ4v) is 3.55. The highest BCUT2D eigenvalue weighted by molar-refractivity contribution is 6.38. The van der Waals surface area contributed by atoms with Crippen LogP contribution in [0.1, 0.15) is 58.4 Å². The number of hydrogen-bond acceptors (Lipinski definition) is 3. The summed E-state index contributed by atoms with van der Waals surface area (Å²) >= 11 is 6.21. The molecule has 0 spiro atoms. The largest absolute Gasteiger partial charge is 0.269 e. The van der Waals surface area contributed by atoms with Crippen LogP contribution < -0.4 is 0 Å². The topological polar surface area (TPSA) is 61.2 Å². The van der Waals surface area contributed by atoms with Gasteiger partial charge in [0.25, 0.3) is 11.8 Å². The van der Waals surface area contributed by atoms with E-state index < -0.39 is 11.4 Å². The van der Waals surface area contributed by atoms with E-state index in [0.29, 0.717) is 23.4 Å². The summed E-state index contributed by atoms with van der Waals surface area (Å²) in [4.78, 5) is 26.5. The molecule has 1 aliphatic carbocycles. The Balaban J connectivity index is 2.12. The summed E-state index contributed by atoms with van der Waals surface area (Å²) in [6.45, 7) is 1.80. The van der Waals surface area contributed by atoms with E-state index in [1.807, 2.05) is 0 Å². The Morgan fingerprint density at radius 3 is 2.48 bits per heavy atom. The number of benzene rings is 1. The molecular weight excluding hydrogens is 288 g/mol. The summed E-state index contributed by atoms with van der Waals surface area (Å²) in [5, 5.41) is 9.93. The minimum absolute atomic E-state index is 0.252. The molecule has 0 N–H and O–H groups in total. The Morgan fingerprint density at radius 1 is 1.19 bits per heavy atom. The molecule has 4 nitrogen and oxygen atoms in total. The maximum absolute atomic E-state index is 12.7. The van der Waals surface area contributed by atoms with Crippen molar-refractivity contribution in [3.05, 3.63) is 33.8 Å². The van der Waals surface area contributed by atoms with E-state index in [1.54, 1.807) is 19.1 Å². The van der Waals surface area contributed by atoms with Crippen molar-refractivity contribution in [2.45, 2.75) is 44.6 Å². The molecule has 1 heterocycles. The van der Waals surface area contributed by atoms with Gasteiger partial charge in [-0.15, -0.1) is 0 Å². The lowest BCUT2D eigenvalue weighted by molar-refractivity contribution is 0.0448. The number of rotatable bonds is 1. The van der Waals surface area contributed by atoms with Gasteiger partial charge in [0.2, 0.25) is 0 Å². The number of carbonyl (C=O) groups is 2. The summed E-state index contributed by atoms with van der Waals surface area (Å²) < 4.78 is 0. The molecule has 5 heteroatoms. The van der Waals surface area contributed by atoms with Crippen molar-refractivity contribution < 1.29 is 9.59 Å². The molecule has 1 saturated carbocycles. The average Bonchev–Trinajstić information content (AvgIpc) is 2.76. The van der Waals surface area contributed by atoms with Crippen LogP contribution in [0.2, 0.25) is 5.02 Å². The molecule has 0 bridgehead atoms. The lowest BCUT2D eigenvalue weighted by atomic mass is 9.81. The highest BCUT2D eigenvalue weighted by Crippen LogP contribution is 2.40. The lowest BCUT2D eigenvalue weighted by Gasteiger charge is -2.37. The number of carbonyl (C=O) groups excluding carboxylic acids is 2. The van der Waals surface area contributed by atoms with Crippen LogP contribution >= 0.6 is 11.6 Å². The van der Waals surface area contributed by atoms with Crippen molar-refractivity contribution in [1.82, 2.24) is 4.90 Å². The van der Waals surface area contributed by atoms with Gasteiger partial charge in [0, 0.05) is 0 Å². The number of amides is 2. The zero-order valence-electron chi connectivity index (χ0n) is 11.8. The van der Waals surface area contributed by atoms with Crippen LogP contribution in [-0.4, -0.2) is 22.3 Å². The monoisotopic (exact) mass is 302 g/mol. The quantitative estimate of drug-likeness (QED) is 0.746. The molecule has 0 radical (unpaired) electrons. The first-order chi connectivity index (χ1) is 10.0. The molecule has 21 heavy (non-hydrogen) atoms. The van der Waals surface area contributed by atoms with Crippen molar-refractivity contribution >= 4 is 23.4 Å². The molecule has 108 valence electrons. The molecule has 0 saturated heterocycles. The second-order valence-corrected chi connectivity index (χ2v) is 6.15. The Kier molecular flexibility index (Phi) is 3.26. The van der Waals surface area contributed by atoms with E-state index in [0.717, 1.165) is 29.7 Å². The molecule has 0 aromatic heterocycles. The van der Waals surface area contributed by atoms with Gasteiger partial charge in [0.15, 0.2) is 0 Å². The van der Waals surface area contributed by atoms with Gasteiger partial charge in [0.05, 0.1) is 22.2 Å². The minimum Gasteiger partial charge on any atom is -0.269 e. The highest BCUT2D eigenvalue weighted by Gasteiger charge is 2.50. The molecule has 1 aromatic rings. The molecule has 2 amide bonds. The fraction of sp³-hybridized carbons (Fsp3) is 0.438. The Hall–Kier alpha value is -1.86. The second kappa shape index (κ2) is 4.85. The molecule has 1 aliphatic heterocycles. The third-order valence-electron chi connectivity index (χ3n) is 4.50. The Labute approximate surface area is 128 Å². The van der Waals surface area contributed by atoms with Gasteiger partial charge in [-0.25, -0.2) is 0 Å². The zero-order valence-corrected chi connectivity index (χ0v) is 12.5. The highest BCUT2D eigenvalue weighted by atomic mass is 35.5. The van der Waals surface area contributed by atoms with Crippen LogP contribution in [0.5, 0.6) is 0 Å². The van der Waals surface area contributed by atoms with Gasteiger partial charge < -0.3 is 0 Å². The standard InChI is InChI=1S/C16H15ClN2O2/c1-10-5-6-11-12(13(10)17)15(21)19(14(11)20)16(9-18)7-3-2-4-8-16/h5-6H,2-4,7-8H2,1H3. The summed E-state index contributed by atoms with van der Waals surface area (Å²) in [5.74, 6) is -0.812. The van der Waals surface area contributed by atoms with Gasteiger partial charge >= 0.3 is 0 Å². The van der Waals surface area contributed by atoms with Crippen LogP contribution in [0.25, 0.3) is 0 Å².